The van der Waals surface area contributed by atoms with E-state index >= 15 is 0 Å². The molecule has 0 N–H and O–H groups in total. The Labute approximate surface area is 197 Å². The van der Waals surface area contributed by atoms with Crippen LogP contribution in [-0.4, -0.2) is 30.1 Å². The van der Waals surface area contributed by atoms with Gasteiger partial charge in [0.05, 0.1) is 18.9 Å². The quantitative estimate of drug-likeness (QED) is 0.529. The molecule has 170 valence electrons. The van der Waals surface area contributed by atoms with E-state index in [0.717, 1.165) is 76.7 Å². The summed E-state index contributed by atoms with van der Waals surface area (Å²) in [5, 5.41) is 5.06. The predicted molar refractivity (Wildman–Crippen MR) is 122 cm³/mol. The Hall–Kier alpha value is -2.41. The molecule has 7 heteroatoms. The summed E-state index contributed by atoms with van der Waals surface area (Å²) >= 11 is 6.61. The van der Waals surface area contributed by atoms with Crippen LogP contribution in [0.3, 0.4) is 0 Å². The Balaban J connectivity index is 1.27. The lowest BCUT2D eigenvalue weighted by Gasteiger charge is -2.32. The molecule has 1 atom stereocenters. The molecule has 2 aromatic heterocycles. The van der Waals surface area contributed by atoms with E-state index in [1.165, 1.54) is 24.0 Å². The van der Waals surface area contributed by atoms with Crippen LogP contribution in [0.2, 0.25) is 5.02 Å². The van der Waals surface area contributed by atoms with Crippen LogP contribution < -0.4 is 4.74 Å². The van der Waals surface area contributed by atoms with Gasteiger partial charge in [0, 0.05) is 51.9 Å². The normalized spacial score (nSPS) is 22.6. The molecule has 1 saturated heterocycles. The number of rotatable bonds is 2. The molecule has 0 amide bonds. The van der Waals surface area contributed by atoms with Gasteiger partial charge in [-0.1, -0.05) is 16.8 Å². The number of hydrogen-bond donors (Lipinski definition) is 0. The molecule has 2 aliphatic carbocycles. The largest absolute Gasteiger partial charge is 0.481 e. The molecule has 0 saturated carbocycles. The van der Waals surface area contributed by atoms with E-state index in [1.54, 1.807) is 0 Å². The van der Waals surface area contributed by atoms with Crippen LogP contribution in [0.5, 0.6) is 5.75 Å². The second-order valence-corrected chi connectivity index (χ2v) is 10.3. The molecular formula is C26H25ClN2O4. The summed E-state index contributed by atoms with van der Waals surface area (Å²) in [6.07, 6.45) is 8.58. The number of nitrogens with zero attached hydrogens (tertiary/aromatic N) is 2. The second-order valence-electron chi connectivity index (χ2n) is 9.88. The molecule has 0 bridgehead atoms. The fraction of sp³-hybridized carbons (Fsp3) is 0.462. The zero-order valence-electron chi connectivity index (χ0n) is 18.4. The number of halogens is 1. The van der Waals surface area contributed by atoms with Gasteiger partial charge in [-0.25, -0.2) is 0 Å². The Morgan fingerprint density at radius 1 is 0.970 bits per heavy atom. The monoisotopic (exact) mass is 464 g/mol. The number of hydrogen-bond acceptors (Lipinski definition) is 6. The van der Waals surface area contributed by atoms with Crippen molar-refractivity contribution in [2.24, 2.45) is 5.41 Å². The first-order valence-electron chi connectivity index (χ1n) is 11.8. The minimum atomic E-state index is -0.159. The van der Waals surface area contributed by atoms with E-state index in [0.29, 0.717) is 20.0 Å². The average molecular weight is 465 g/mol. The standard InChI is InChI=1S/C26H25ClN2O4/c27-16-7-15-8-23(25-18-3-1-2-4-21(18)29-33-25)32-24(15)19(9-16)17-5-6-28-22-11-26(10-20(17)22)12-30-14-31-13-26/h5-7,9,23H,1-4,8,10-14H2/t23-/m1/s1. The number of ether oxygens (including phenoxy) is 3. The van der Waals surface area contributed by atoms with Gasteiger partial charge in [-0.15, -0.1) is 0 Å². The molecule has 33 heavy (non-hydrogen) atoms. The molecule has 2 aliphatic heterocycles. The summed E-state index contributed by atoms with van der Waals surface area (Å²) in [7, 11) is 0. The molecule has 7 rings (SSSR count). The van der Waals surface area contributed by atoms with E-state index in [2.05, 4.69) is 11.2 Å². The number of fused-ring (bicyclic) bond motifs is 3. The lowest BCUT2D eigenvalue weighted by molar-refractivity contribution is -0.161. The van der Waals surface area contributed by atoms with E-state index in [1.807, 2.05) is 18.3 Å². The maximum Gasteiger partial charge on any atom is 0.181 e. The van der Waals surface area contributed by atoms with Crippen LogP contribution in [0.4, 0.5) is 0 Å². The van der Waals surface area contributed by atoms with Crippen molar-refractivity contribution in [3.63, 3.8) is 0 Å². The van der Waals surface area contributed by atoms with E-state index < -0.39 is 0 Å². The van der Waals surface area contributed by atoms with Gasteiger partial charge in [-0.3, -0.25) is 4.98 Å². The summed E-state index contributed by atoms with van der Waals surface area (Å²) in [5.41, 5.74) is 7.97. The predicted octanol–water partition coefficient (Wildman–Crippen LogP) is 5.03. The van der Waals surface area contributed by atoms with Crippen LogP contribution in [0, 0.1) is 5.41 Å². The molecular weight excluding hydrogens is 440 g/mol. The SMILES string of the molecule is Clc1cc2c(c(-c3ccnc4c3CC3(COCOC3)C4)c1)O[C@@H](c1onc3c1CCCC3)C2. The van der Waals surface area contributed by atoms with Crippen molar-refractivity contribution >= 4 is 11.6 Å². The van der Waals surface area contributed by atoms with Gasteiger partial charge in [0.15, 0.2) is 11.9 Å². The van der Waals surface area contributed by atoms with Gasteiger partial charge in [0.1, 0.15) is 12.5 Å². The maximum atomic E-state index is 6.61. The van der Waals surface area contributed by atoms with E-state index in [9.17, 15) is 0 Å². The minimum absolute atomic E-state index is 0.0340. The first kappa shape index (κ1) is 20.0. The molecule has 1 fully saturated rings. The van der Waals surface area contributed by atoms with Gasteiger partial charge in [-0.05, 0) is 61.4 Å². The summed E-state index contributed by atoms with van der Waals surface area (Å²) in [4.78, 5) is 4.71. The van der Waals surface area contributed by atoms with Crippen molar-refractivity contribution in [3.05, 3.63) is 63.3 Å². The number of pyridine rings is 1. The Morgan fingerprint density at radius 3 is 2.76 bits per heavy atom. The highest BCUT2D eigenvalue weighted by atomic mass is 35.5. The molecule has 0 radical (unpaired) electrons. The van der Waals surface area contributed by atoms with Gasteiger partial charge < -0.3 is 18.7 Å². The van der Waals surface area contributed by atoms with Crippen LogP contribution in [0.25, 0.3) is 11.1 Å². The van der Waals surface area contributed by atoms with Crippen molar-refractivity contribution in [1.29, 1.82) is 0 Å². The Kier molecular flexibility index (Phi) is 4.58. The number of aryl methyl sites for hydroxylation is 1. The highest BCUT2D eigenvalue weighted by molar-refractivity contribution is 6.31. The first-order valence-corrected chi connectivity index (χ1v) is 12.2. The summed E-state index contributed by atoms with van der Waals surface area (Å²) in [5.74, 6) is 1.79. The first-order chi connectivity index (χ1) is 16.2. The van der Waals surface area contributed by atoms with Gasteiger partial charge >= 0.3 is 0 Å². The van der Waals surface area contributed by atoms with E-state index in [-0.39, 0.29) is 11.5 Å². The van der Waals surface area contributed by atoms with Crippen molar-refractivity contribution in [1.82, 2.24) is 10.1 Å². The summed E-state index contributed by atoms with van der Waals surface area (Å²) < 4.78 is 23.7. The maximum absolute atomic E-state index is 6.61. The minimum Gasteiger partial charge on any atom is -0.481 e. The highest BCUT2D eigenvalue weighted by Crippen LogP contribution is 2.49. The molecule has 4 aliphatic rings. The Morgan fingerprint density at radius 2 is 1.85 bits per heavy atom. The van der Waals surface area contributed by atoms with Crippen LogP contribution in [0.1, 0.15) is 52.8 Å². The summed E-state index contributed by atoms with van der Waals surface area (Å²) in [6.45, 7) is 1.78. The molecule has 1 spiro atoms. The molecule has 4 heterocycles. The summed E-state index contributed by atoms with van der Waals surface area (Å²) in [6, 6.07) is 6.13. The topological polar surface area (TPSA) is 66.6 Å². The highest BCUT2D eigenvalue weighted by Gasteiger charge is 2.42. The zero-order chi connectivity index (χ0) is 22.0. The third-order valence-electron chi connectivity index (χ3n) is 7.59. The van der Waals surface area contributed by atoms with Crippen LogP contribution in [0.15, 0.2) is 28.9 Å². The van der Waals surface area contributed by atoms with Gasteiger partial charge in [0.25, 0.3) is 0 Å². The van der Waals surface area contributed by atoms with Crippen molar-refractivity contribution in [3.8, 4) is 16.9 Å². The van der Waals surface area contributed by atoms with Crippen LogP contribution >= 0.6 is 11.6 Å². The molecule has 6 nitrogen and oxygen atoms in total. The number of aromatic nitrogens is 2. The van der Waals surface area contributed by atoms with Crippen molar-refractivity contribution < 1.29 is 18.7 Å². The third kappa shape index (κ3) is 3.22. The zero-order valence-corrected chi connectivity index (χ0v) is 19.1. The lowest BCUT2D eigenvalue weighted by Crippen LogP contribution is -2.38. The fourth-order valence-corrected chi connectivity index (χ4v) is 6.33. The smallest absolute Gasteiger partial charge is 0.181 e. The van der Waals surface area contributed by atoms with Gasteiger partial charge in [-0.2, -0.15) is 0 Å². The molecule has 3 aromatic rings. The van der Waals surface area contributed by atoms with Gasteiger partial charge in [0.2, 0.25) is 0 Å². The number of benzene rings is 1. The average Bonchev–Trinajstić information content (AvgIpc) is 3.53. The lowest BCUT2D eigenvalue weighted by atomic mass is 9.85. The Bertz CT molecular complexity index is 1250. The molecule has 1 aromatic carbocycles. The molecule has 0 unspecified atom stereocenters. The van der Waals surface area contributed by atoms with Crippen molar-refractivity contribution in [2.75, 3.05) is 20.0 Å². The van der Waals surface area contributed by atoms with Crippen LogP contribution in [-0.2, 0) is 41.6 Å². The fourth-order valence-electron chi connectivity index (χ4n) is 6.09. The van der Waals surface area contributed by atoms with E-state index in [4.69, 9.17) is 35.3 Å². The second kappa shape index (κ2) is 7.55. The third-order valence-corrected chi connectivity index (χ3v) is 7.81. The van der Waals surface area contributed by atoms with Crippen molar-refractivity contribution in [2.45, 2.75) is 51.0 Å².